The lowest BCUT2D eigenvalue weighted by atomic mass is 10.1. The van der Waals surface area contributed by atoms with Crippen LogP contribution in [0.1, 0.15) is 0 Å². The Bertz CT molecular complexity index is 2910. The van der Waals surface area contributed by atoms with Crippen molar-refractivity contribution < 1.29 is 0 Å². The molecule has 4 heterocycles. The summed E-state index contributed by atoms with van der Waals surface area (Å²) in [6.45, 7) is 0. The van der Waals surface area contributed by atoms with Gasteiger partial charge in [-0.05, 0) is 36.4 Å². The minimum Gasteiger partial charge on any atom is -0.307 e. The summed E-state index contributed by atoms with van der Waals surface area (Å²) in [5.74, 6) is 1.83. The van der Waals surface area contributed by atoms with Crippen LogP contribution in [0.3, 0.4) is 0 Å². The molecule has 0 atom stereocenters. The SMILES string of the molecule is c1ccc(-c2nc(-c3ccccc3)nc(N3c4ccccc4-n4c5c3cccc5c3ccc5c6ccccc6n(-c6ccccc6)c5c34)n2)cc1. The topological polar surface area (TPSA) is 51.8 Å². The van der Waals surface area contributed by atoms with Crippen LogP contribution >= 0.6 is 0 Å². The monoisotopic (exact) mass is 652 g/mol. The van der Waals surface area contributed by atoms with Gasteiger partial charge in [0.25, 0.3) is 0 Å². The molecule has 0 aliphatic carbocycles. The molecule has 0 fully saturated rings. The van der Waals surface area contributed by atoms with Gasteiger partial charge in [-0.15, -0.1) is 0 Å². The Morgan fingerprint density at radius 1 is 0.333 bits per heavy atom. The number of benzene rings is 7. The molecule has 0 saturated heterocycles. The average Bonchev–Trinajstić information content (AvgIpc) is 3.73. The van der Waals surface area contributed by atoms with E-state index in [1.54, 1.807) is 0 Å². The second kappa shape index (κ2) is 10.7. The highest BCUT2D eigenvalue weighted by Crippen LogP contribution is 2.51. The van der Waals surface area contributed by atoms with E-state index in [1.807, 2.05) is 60.7 Å². The maximum absolute atomic E-state index is 5.19. The largest absolute Gasteiger partial charge is 0.307 e. The summed E-state index contributed by atoms with van der Waals surface area (Å²) in [6.07, 6.45) is 0. The van der Waals surface area contributed by atoms with Crippen LogP contribution in [0.5, 0.6) is 0 Å². The Balaban J connectivity index is 1.27. The number of fused-ring (bicyclic) bond motifs is 9. The Morgan fingerprint density at radius 2 is 0.843 bits per heavy atom. The molecule has 0 radical (unpaired) electrons. The molecular formula is C45H28N6. The molecule has 238 valence electrons. The molecule has 7 aromatic carbocycles. The number of hydrogen-bond acceptors (Lipinski definition) is 4. The molecule has 51 heavy (non-hydrogen) atoms. The van der Waals surface area contributed by atoms with Gasteiger partial charge in [-0.25, -0.2) is 4.98 Å². The number of nitrogens with zero attached hydrogens (tertiary/aromatic N) is 6. The first kappa shape index (κ1) is 27.9. The van der Waals surface area contributed by atoms with Crippen molar-refractivity contribution in [3.63, 3.8) is 0 Å². The second-order valence-electron chi connectivity index (χ2n) is 12.9. The maximum Gasteiger partial charge on any atom is 0.238 e. The third-order valence-electron chi connectivity index (χ3n) is 10.1. The summed E-state index contributed by atoms with van der Waals surface area (Å²) in [5.41, 5.74) is 10.7. The molecular weight excluding hydrogens is 625 g/mol. The Hall–Kier alpha value is -7.05. The van der Waals surface area contributed by atoms with Crippen LogP contribution in [0.4, 0.5) is 17.3 Å². The molecule has 0 amide bonds. The van der Waals surface area contributed by atoms with Gasteiger partial charge in [0, 0.05) is 38.4 Å². The van der Waals surface area contributed by atoms with Gasteiger partial charge in [0.1, 0.15) is 0 Å². The number of hydrogen-bond donors (Lipinski definition) is 0. The number of rotatable bonds is 4. The van der Waals surface area contributed by atoms with Crippen molar-refractivity contribution in [2.45, 2.75) is 0 Å². The standard InChI is InChI=1S/C45H28N6/c1-4-15-29(16-5-1)43-46-44(30-17-6-2-7-18-30)48-45(47-43)50-37-24-12-13-25-38(37)51-40-33(22-14-26-39(40)50)35-28-27-34-32-21-10-11-23-36(32)49(41(34)42(35)51)31-19-8-3-9-20-31/h1-28H. The molecule has 0 saturated carbocycles. The van der Waals surface area contributed by atoms with E-state index < -0.39 is 0 Å². The number of para-hydroxylation sites is 5. The van der Waals surface area contributed by atoms with Crippen LogP contribution in [0, 0.1) is 0 Å². The molecule has 0 spiro atoms. The zero-order chi connectivity index (χ0) is 33.5. The van der Waals surface area contributed by atoms with Crippen LogP contribution < -0.4 is 4.90 Å². The lowest BCUT2D eigenvalue weighted by Crippen LogP contribution is -2.21. The van der Waals surface area contributed by atoms with E-state index in [2.05, 4.69) is 123 Å². The smallest absolute Gasteiger partial charge is 0.238 e. The molecule has 6 heteroatoms. The van der Waals surface area contributed by atoms with Crippen molar-refractivity contribution in [3.05, 3.63) is 170 Å². The molecule has 3 aromatic heterocycles. The van der Waals surface area contributed by atoms with Gasteiger partial charge in [-0.2, -0.15) is 9.97 Å². The fraction of sp³-hybridized carbons (Fsp3) is 0. The lowest BCUT2D eigenvalue weighted by Gasteiger charge is -2.31. The predicted octanol–water partition coefficient (Wildman–Crippen LogP) is 11.2. The summed E-state index contributed by atoms with van der Waals surface area (Å²) >= 11 is 0. The van der Waals surface area contributed by atoms with E-state index in [0.717, 1.165) is 39.4 Å². The van der Waals surface area contributed by atoms with E-state index in [1.165, 1.54) is 38.1 Å². The first-order valence-corrected chi connectivity index (χ1v) is 17.1. The summed E-state index contributed by atoms with van der Waals surface area (Å²) < 4.78 is 4.89. The second-order valence-corrected chi connectivity index (χ2v) is 12.9. The molecule has 1 aliphatic heterocycles. The maximum atomic E-state index is 5.19. The third kappa shape index (κ3) is 4.01. The van der Waals surface area contributed by atoms with Gasteiger partial charge < -0.3 is 9.13 Å². The van der Waals surface area contributed by atoms with Crippen molar-refractivity contribution in [2.75, 3.05) is 4.90 Å². The summed E-state index contributed by atoms with van der Waals surface area (Å²) in [5, 5.41) is 4.82. The lowest BCUT2D eigenvalue weighted by molar-refractivity contribution is 1.00. The van der Waals surface area contributed by atoms with Gasteiger partial charge in [0.05, 0.1) is 39.1 Å². The molecule has 11 rings (SSSR count). The minimum absolute atomic E-state index is 0.572. The van der Waals surface area contributed by atoms with Gasteiger partial charge >= 0.3 is 0 Å². The van der Waals surface area contributed by atoms with Crippen molar-refractivity contribution in [1.82, 2.24) is 24.1 Å². The van der Waals surface area contributed by atoms with Gasteiger partial charge in [0.2, 0.25) is 5.95 Å². The van der Waals surface area contributed by atoms with Crippen molar-refractivity contribution >= 4 is 60.9 Å². The van der Waals surface area contributed by atoms with Crippen LogP contribution in [-0.2, 0) is 0 Å². The van der Waals surface area contributed by atoms with Gasteiger partial charge in [0.15, 0.2) is 11.6 Å². The van der Waals surface area contributed by atoms with Crippen molar-refractivity contribution in [3.8, 4) is 34.2 Å². The average molecular weight is 653 g/mol. The molecule has 1 aliphatic rings. The van der Waals surface area contributed by atoms with E-state index >= 15 is 0 Å². The minimum atomic E-state index is 0.572. The fourth-order valence-corrected chi connectivity index (χ4v) is 7.93. The third-order valence-corrected chi connectivity index (χ3v) is 10.1. The Morgan fingerprint density at radius 3 is 1.55 bits per heavy atom. The quantitative estimate of drug-likeness (QED) is 0.190. The van der Waals surface area contributed by atoms with E-state index in [-0.39, 0.29) is 0 Å². The molecule has 0 bridgehead atoms. The summed E-state index contributed by atoms with van der Waals surface area (Å²) in [4.78, 5) is 17.6. The normalized spacial score (nSPS) is 12.3. The Kier molecular flexibility index (Phi) is 5.86. The number of aromatic nitrogens is 5. The highest BCUT2D eigenvalue weighted by atomic mass is 15.3. The van der Waals surface area contributed by atoms with Crippen molar-refractivity contribution in [1.29, 1.82) is 0 Å². The van der Waals surface area contributed by atoms with Crippen molar-refractivity contribution in [2.24, 2.45) is 0 Å². The van der Waals surface area contributed by atoms with Crippen LogP contribution in [0.2, 0.25) is 0 Å². The van der Waals surface area contributed by atoms with Crippen LogP contribution in [0.15, 0.2) is 170 Å². The molecule has 6 nitrogen and oxygen atoms in total. The summed E-state index contributed by atoms with van der Waals surface area (Å²) in [6, 6.07) is 59.5. The molecule has 10 aromatic rings. The predicted molar refractivity (Wildman–Crippen MR) is 208 cm³/mol. The zero-order valence-electron chi connectivity index (χ0n) is 27.3. The highest BCUT2D eigenvalue weighted by Gasteiger charge is 2.32. The zero-order valence-corrected chi connectivity index (χ0v) is 27.3. The summed E-state index contributed by atoms with van der Waals surface area (Å²) in [7, 11) is 0. The molecule has 0 unspecified atom stereocenters. The van der Waals surface area contributed by atoms with Gasteiger partial charge in [-0.3, -0.25) is 4.90 Å². The highest BCUT2D eigenvalue weighted by molar-refractivity contribution is 6.26. The fourth-order valence-electron chi connectivity index (χ4n) is 7.93. The van der Waals surface area contributed by atoms with Crippen LogP contribution in [0.25, 0.3) is 77.8 Å². The van der Waals surface area contributed by atoms with E-state index in [0.29, 0.717) is 17.6 Å². The Labute approximate surface area is 293 Å². The number of anilines is 3. The first-order valence-electron chi connectivity index (χ1n) is 17.1. The van der Waals surface area contributed by atoms with Gasteiger partial charge in [-0.1, -0.05) is 133 Å². The van der Waals surface area contributed by atoms with Crippen LogP contribution in [-0.4, -0.2) is 24.1 Å². The van der Waals surface area contributed by atoms with E-state index in [4.69, 9.17) is 15.0 Å². The first-order chi connectivity index (χ1) is 25.3. The van der Waals surface area contributed by atoms with E-state index in [9.17, 15) is 0 Å². The molecule has 0 N–H and O–H groups in total.